The van der Waals surface area contributed by atoms with Crippen LogP contribution in [0, 0.1) is 30.1 Å². The normalized spacial score (nSPS) is 34.8. The Morgan fingerprint density at radius 2 is 1.89 bits per heavy atom. The van der Waals surface area contributed by atoms with Crippen LogP contribution in [0.2, 0.25) is 0 Å². The van der Waals surface area contributed by atoms with Crippen molar-refractivity contribution < 1.29 is 18.6 Å². The second-order valence-electron chi connectivity index (χ2n) is 11.6. The summed E-state index contributed by atoms with van der Waals surface area (Å²) in [7, 11) is -3.27. The molecule has 0 heterocycles. The number of hydrogen-bond donors (Lipinski definition) is 2. The Balaban J connectivity index is 1.45. The summed E-state index contributed by atoms with van der Waals surface area (Å²) >= 11 is 0. The largest absolute Gasteiger partial charge is 0.393 e. The lowest BCUT2D eigenvalue weighted by Gasteiger charge is -2.44. The molecule has 3 saturated carbocycles. The van der Waals surface area contributed by atoms with Crippen molar-refractivity contribution in [1.82, 2.24) is 0 Å². The molecule has 35 heavy (non-hydrogen) atoms. The fraction of sp³-hybridized carbons (Fsp3) is 0.600. The molecule has 3 aliphatic carbocycles. The molecule has 4 rings (SSSR count). The van der Waals surface area contributed by atoms with E-state index >= 15 is 0 Å². The van der Waals surface area contributed by atoms with Gasteiger partial charge in [-0.05, 0) is 98.3 Å². The maximum absolute atomic E-state index is 12.9. The average Bonchev–Trinajstić information content (AvgIpc) is 3.17. The van der Waals surface area contributed by atoms with Crippen LogP contribution in [-0.2, 0) is 9.84 Å². The van der Waals surface area contributed by atoms with Crippen molar-refractivity contribution >= 4 is 9.84 Å². The first-order valence-corrected chi connectivity index (χ1v) is 14.9. The maximum Gasteiger partial charge on any atom is 0.178 e. The summed E-state index contributed by atoms with van der Waals surface area (Å²) in [4.78, 5) is 0.432. The number of hydrogen-bond acceptors (Lipinski definition) is 4. The number of aliphatic hydroxyl groups is 2. The number of allylic oxidation sites excluding steroid dienone is 3. The van der Waals surface area contributed by atoms with Gasteiger partial charge >= 0.3 is 0 Å². The van der Waals surface area contributed by atoms with Gasteiger partial charge in [-0.15, -0.1) is 0 Å². The molecule has 192 valence electrons. The van der Waals surface area contributed by atoms with Crippen molar-refractivity contribution in [2.75, 3.05) is 5.75 Å². The van der Waals surface area contributed by atoms with Gasteiger partial charge in [0.15, 0.2) is 9.84 Å². The van der Waals surface area contributed by atoms with Crippen LogP contribution in [0.5, 0.6) is 0 Å². The lowest BCUT2D eigenvalue weighted by atomic mass is 9.61. The minimum Gasteiger partial charge on any atom is -0.393 e. The standard InChI is InChI=1S/C30H42O4S/c1-20-7-11-26(12-8-20)35(33,34)17-15-21(2)27-13-14-28-23(6-5-16-30(27,28)4)9-10-24-18-25(31)19-29(32)22(24)3/h7-12,21,25,27-29,31-32H,3,5-6,13-19H2,1-2,4H3/b23-9+,24-10-/t21-,25+,27-,28+,29-,30-/m1/s1. The van der Waals surface area contributed by atoms with Crippen LogP contribution in [0.25, 0.3) is 0 Å². The monoisotopic (exact) mass is 498 g/mol. The summed E-state index contributed by atoms with van der Waals surface area (Å²) in [5.41, 5.74) is 4.42. The Hall–Kier alpha value is -1.69. The van der Waals surface area contributed by atoms with Gasteiger partial charge in [0.2, 0.25) is 0 Å². The van der Waals surface area contributed by atoms with Crippen molar-refractivity contribution in [2.24, 2.45) is 23.2 Å². The number of aliphatic hydroxyl groups excluding tert-OH is 2. The molecule has 0 saturated heterocycles. The molecular formula is C30H42O4S. The molecule has 3 fully saturated rings. The van der Waals surface area contributed by atoms with E-state index in [4.69, 9.17) is 0 Å². The van der Waals surface area contributed by atoms with Crippen molar-refractivity contribution in [3.8, 4) is 0 Å². The number of benzene rings is 1. The molecule has 2 N–H and O–H groups in total. The summed E-state index contributed by atoms with van der Waals surface area (Å²) in [6, 6.07) is 7.20. The van der Waals surface area contributed by atoms with Crippen LogP contribution >= 0.6 is 0 Å². The molecule has 0 spiro atoms. The Morgan fingerprint density at radius 1 is 1.17 bits per heavy atom. The van der Waals surface area contributed by atoms with E-state index in [0.717, 1.165) is 42.4 Å². The number of sulfone groups is 1. The summed E-state index contributed by atoms with van der Waals surface area (Å²) in [5.74, 6) is 1.59. The maximum atomic E-state index is 12.9. The van der Waals surface area contributed by atoms with E-state index in [1.165, 1.54) is 12.0 Å². The molecule has 5 heteroatoms. The van der Waals surface area contributed by atoms with Crippen LogP contribution in [0.15, 0.2) is 64.6 Å². The third kappa shape index (κ3) is 5.52. The van der Waals surface area contributed by atoms with Gasteiger partial charge in [0.05, 0.1) is 22.9 Å². The van der Waals surface area contributed by atoms with E-state index in [2.05, 4.69) is 32.6 Å². The molecule has 0 amide bonds. The van der Waals surface area contributed by atoms with Gasteiger partial charge in [-0.1, -0.05) is 55.8 Å². The zero-order chi connectivity index (χ0) is 25.4. The third-order valence-electron chi connectivity index (χ3n) is 9.21. The number of fused-ring (bicyclic) bond motifs is 1. The zero-order valence-electron chi connectivity index (χ0n) is 21.5. The third-order valence-corrected chi connectivity index (χ3v) is 11.0. The Morgan fingerprint density at radius 3 is 2.60 bits per heavy atom. The first-order chi connectivity index (χ1) is 16.5. The minimum atomic E-state index is -3.27. The van der Waals surface area contributed by atoms with Gasteiger partial charge in [0.25, 0.3) is 0 Å². The van der Waals surface area contributed by atoms with Gasteiger partial charge in [0.1, 0.15) is 0 Å². The van der Waals surface area contributed by atoms with E-state index in [1.807, 2.05) is 19.1 Å². The topological polar surface area (TPSA) is 74.6 Å². The Bertz CT molecular complexity index is 1100. The zero-order valence-corrected chi connectivity index (χ0v) is 22.4. The molecule has 0 radical (unpaired) electrons. The summed E-state index contributed by atoms with van der Waals surface area (Å²) in [6.45, 7) is 10.7. The van der Waals surface area contributed by atoms with Gasteiger partial charge in [-0.25, -0.2) is 8.42 Å². The van der Waals surface area contributed by atoms with Crippen molar-refractivity contribution in [1.29, 1.82) is 0 Å². The van der Waals surface area contributed by atoms with Crippen LogP contribution in [0.1, 0.15) is 70.8 Å². The molecule has 0 aromatic heterocycles. The van der Waals surface area contributed by atoms with Gasteiger partial charge < -0.3 is 10.2 Å². The molecule has 0 bridgehead atoms. The highest BCUT2D eigenvalue weighted by Gasteiger charge is 2.50. The minimum absolute atomic E-state index is 0.193. The first kappa shape index (κ1) is 26.4. The van der Waals surface area contributed by atoms with E-state index < -0.39 is 22.0 Å². The highest BCUT2D eigenvalue weighted by atomic mass is 32.2. The van der Waals surface area contributed by atoms with E-state index in [0.29, 0.717) is 41.9 Å². The fourth-order valence-corrected chi connectivity index (χ4v) is 8.55. The van der Waals surface area contributed by atoms with E-state index in [-0.39, 0.29) is 11.2 Å². The smallest absolute Gasteiger partial charge is 0.178 e. The molecule has 1 aromatic rings. The fourth-order valence-electron chi connectivity index (χ4n) is 7.08. The molecule has 0 aliphatic heterocycles. The van der Waals surface area contributed by atoms with Crippen LogP contribution in [0.4, 0.5) is 0 Å². The van der Waals surface area contributed by atoms with E-state index in [1.54, 1.807) is 12.1 Å². The van der Waals surface area contributed by atoms with Crippen LogP contribution in [0.3, 0.4) is 0 Å². The first-order valence-electron chi connectivity index (χ1n) is 13.3. The van der Waals surface area contributed by atoms with Gasteiger partial charge in [-0.2, -0.15) is 0 Å². The predicted octanol–water partition coefficient (Wildman–Crippen LogP) is 5.94. The average molecular weight is 499 g/mol. The van der Waals surface area contributed by atoms with Gasteiger partial charge in [-0.3, -0.25) is 0 Å². The number of aryl methyl sites for hydroxylation is 1. The van der Waals surface area contributed by atoms with Crippen LogP contribution in [-0.4, -0.2) is 36.6 Å². The highest BCUT2D eigenvalue weighted by Crippen LogP contribution is 2.59. The summed E-state index contributed by atoms with van der Waals surface area (Å²) in [5, 5.41) is 20.3. The second-order valence-corrected chi connectivity index (χ2v) is 13.7. The molecule has 4 nitrogen and oxygen atoms in total. The molecule has 6 atom stereocenters. The van der Waals surface area contributed by atoms with Crippen molar-refractivity contribution in [3.63, 3.8) is 0 Å². The Kier molecular flexibility index (Phi) is 7.80. The SMILES string of the molecule is C=C1/C(=C\C=C2/CCC[C@]3(C)[C@@H]([C@H](C)CCS(=O)(=O)c4ccc(C)cc4)CC[C@@H]23)C[C@H](O)C[C@H]1O. The van der Waals surface area contributed by atoms with Crippen LogP contribution < -0.4 is 0 Å². The molecule has 1 aromatic carbocycles. The highest BCUT2D eigenvalue weighted by molar-refractivity contribution is 7.91. The van der Waals surface area contributed by atoms with Crippen molar-refractivity contribution in [3.05, 3.63) is 65.3 Å². The van der Waals surface area contributed by atoms with E-state index in [9.17, 15) is 18.6 Å². The number of rotatable bonds is 6. The molecule has 3 aliphatic rings. The summed E-state index contributed by atoms with van der Waals surface area (Å²) < 4.78 is 25.9. The Labute approximate surface area is 211 Å². The lowest BCUT2D eigenvalue weighted by Crippen LogP contribution is -2.36. The lowest BCUT2D eigenvalue weighted by molar-refractivity contribution is 0.0861. The predicted molar refractivity (Wildman–Crippen MR) is 142 cm³/mol. The molecular weight excluding hydrogens is 456 g/mol. The quantitative estimate of drug-likeness (QED) is 0.509. The summed E-state index contributed by atoms with van der Waals surface area (Å²) in [6.07, 6.45) is 10.5. The second kappa shape index (κ2) is 10.4. The molecule has 0 unspecified atom stereocenters. The van der Waals surface area contributed by atoms with Gasteiger partial charge in [0, 0.05) is 6.42 Å². The van der Waals surface area contributed by atoms with Crippen molar-refractivity contribution in [2.45, 2.75) is 89.2 Å².